The summed E-state index contributed by atoms with van der Waals surface area (Å²) >= 11 is 0. The molecule has 1 heterocycles. The number of urea groups is 1. The molecule has 1 aliphatic carbocycles. The minimum absolute atomic E-state index is 0.0392. The van der Waals surface area contributed by atoms with Crippen molar-refractivity contribution in [3.05, 3.63) is 0 Å². The van der Waals surface area contributed by atoms with Crippen LogP contribution in [0, 0.1) is 23.2 Å². The molecule has 1 atom stereocenters. The molecular formula is C15H25N3O. The van der Waals surface area contributed by atoms with Gasteiger partial charge in [0.2, 0.25) is 0 Å². The van der Waals surface area contributed by atoms with E-state index in [1.165, 1.54) is 6.42 Å². The number of nitriles is 1. The van der Waals surface area contributed by atoms with Gasteiger partial charge in [0.05, 0.1) is 6.07 Å². The van der Waals surface area contributed by atoms with Crippen LogP contribution in [-0.4, -0.2) is 29.6 Å². The fraction of sp³-hybridized carbons (Fsp3) is 0.867. The molecule has 19 heavy (non-hydrogen) atoms. The number of nitrogens with zero attached hydrogens (tertiary/aromatic N) is 2. The number of nitrogens with one attached hydrogen (secondary N) is 1. The number of hydrogen-bond donors (Lipinski definition) is 1. The number of carbonyl (C=O) groups is 1. The van der Waals surface area contributed by atoms with Crippen molar-refractivity contribution in [3.8, 4) is 6.07 Å². The second-order valence-electron chi connectivity index (χ2n) is 6.50. The van der Waals surface area contributed by atoms with Crippen LogP contribution in [0.4, 0.5) is 4.79 Å². The van der Waals surface area contributed by atoms with Gasteiger partial charge in [0.25, 0.3) is 0 Å². The number of likely N-dealkylation sites (tertiary alicyclic amines) is 1. The van der Waals surface area contributed by atoms with Crippen molar-refractivity contribution in [2.45, 2.75) is 57.9 Å². The molecule has 0 bridgehead atoms. The first kappa shape index (κ1) is 14.2. The predicted octanol–water partition coefficient (Wildman–Crippen LogP) is 2.90. The Bertz CT molecular complexity index is 366. The molecule has 2 amide bonds. The Morgan fingerprint density at radius 2 is 1.95 bits per heavy atom. The molecule has 1 unspecified atom stereocenters. The first-order valence-electron chi connectivity index (χ1n) is 7.53. The number of carbonyl (C=O) groups excluding carboxylic acids is 1. The lowest BCUT2D eigenvalue weighted by atomic mass is 9.78. The topological polar surface area (TPSA) is 56.1 Å². The molecule has 4 nitrogen and oxygen atoms in total. The largest absolute Gasteiger partial charge is 0.325 e. The SMILES string of the molecule is CC1CCC(C#N)(NC(=O)N2CCCC(C)C2)CC1. The highest BCUT2D eigenvalue weighted by atomic mass is 16.2. The van der Waals surface area contributed by atoms with Crippen LogP contribution in [0.2, 0.25) is 0 Å². The van der Waals surface area contributed by atoms with Crippen molar-refractivity contribution in [1.82, 2.24) is 10.2 Å². The van der Waals surface area contributed by atoms with Crippen LogP contribution in [0.1, 0.15) is 52.4 Å². The van der Waals surface area contributed by atoms with E-state index in [0.717, 1.165) is 45.2 Å². The van der Waals surface area contributed by atoms with E-state index in [-0.39, 0.29) is 6.03 Å². The van der Waals surface area contributed by atoms with E-state index in [4.69, 9.17) is 0 Å². The summed E-state index contributed by atoms with van der Waals surface area (Å²) in [5, 5.41) is 12.5. The Kier molecular flexibility index (Phi) is 4.34. The summed E-state index contributed by atoms with van der Waals surface area (Å²) in [6.07, 6.45) is 5.92. The zero-order valence-corrected chi connectivity index (χ0v) is 12.1. The molecule has 0 radical (unpaired) electrons. The molecule has 0 spiro atoms. The molecular weight excluding hydrogens is 238 g/mol. The average Bonchev–Trinajstić information content (AvgIpc) is 2.42. The molecule has 1 saturated heterocycles. The lowest BCUT2D eigenvalue weighted by Gasteiger charge is -2.38. The molecule has 2 fully saturated rings. The fourth-order valence-corrected chi connectivity index (χ4v) is 3.18. The maximum Gasteiger partial charge on any atom is 0.318 e. The Morgan fingerprint density at radius 1 is 1.26 bits per heavy atom. The zero-order chi connectivity index (χ0) is 13.9. The summed E-state index contributed by atoms with van der Waals surface area (Å²) in [7, 11) is 0. The van der Waals surface area contributed by atoms with E-state index < -0.39 is 5.54 Å². The van der Waals surface area contributed by atoms with Gasteiger partial charge >= 0.3 is 6.03 Å². The minimum atomic E-state index is -0.621. The summed E-state index contributed by atoms with van der Waals surface area (Å²) in [4.78, 5) is 14.2. The van der Waals surface area contributed by atoms with Gasteiger partial charge in [0.15, 0.2) is 0 Å². The molecule has 2 rings (SSSR count). The third-order valence-electron chi connectivity index (χ3n) is 4.63. The van der Waals surface area contributed by atoms with Crippen molar-refractivity contribution in [3.63, 3.8) is 0 Å². The van der Waals surface area contributed by atoms with E-state index in [2.05, 4.69) is 25.2 Å². The highest BCUT2D eigenvalue weighted by Crippen LogP contribution is 2.31. The Balaban J connectivity index is 1.95. The molecule has 2 aliphatic rings. The van der Waals surface area contributed by atoms with Gasteiger partial charge in [-0.25, -0.2) is 4.79 Å². The van der Waals surface area contributed by atoms with E-state index in [1.807, 2.05) is 4.90 Å². The quantitative estimate of drug-likeness (QED) is 0.791. The molecule has 0 aromatic carbocycles. The van der Waals surface area contributed by atoms with Gasteiger partial charge in [-0.15, -0.1) is 0 Å². The lowest BCUT2D eigenvalue weighted by molar-refractivity contribution is 0.153. The van der Waals surface area contributed by atoms with Crippen LogP contribution < -0.4 is 5.32 Å². The van der Waals surface area contributed by atoms with Gasteiger partial charge in [-0.05, 0) is 50.4 Å². The van der Waals surface area contributed by atoms with Crippen LogP contribution in [0.5, 0.6) is 0 Å². The Labute approximate surface area is 116 Å². The highest BCUT2D eigenvalue weighted by molar-refractivity contribution is 5.75. The highest BCUT2D eigenvalue weighted by Gasteiger charge is 2.37. The number of piperidine rings is 1. The first-order valence-corrected chi connectivity index (χ1v) is 7.53. The normalized spacial score (nSPS) is 35.5. The summed E-state index contributed by atoms with van der Waals surface area (Å²) in [5.74, 6) is 1.25. The lowest BCUT2D eigenvalue weighted by Crippen LogP contribution is -2.55. The summed E-state index contributed by atoms with van der Waals surface area (Å²) < 4.78 is 0. The molecule has 1 saturated carbocycles. The molecule has 0 aromatic heterocycles. The first-order chi connectivity index (χ1) is 9.04. The summed E-state index contributed by atoms with van der Waals surface area (Å²) in [5.41, 5.74) is -0.621. The average molecular weight is 263 g/mol. The Hall–Kier alpha value is -1.24. The van der Waals surface area contributed by atoms with Crippen LogP contribution in [0.3, 0.4) is 0 Å². The van der Waals surface area contributed by atoms with E-state index in [0.29, 0.717) is 11.8 Å². The third-order valence-corrected chi connectivity index (χ3v) is 4.63. The number of hydrogen-bond acceptors (Lipinski definition) is 2. The van der Waals surface area contributed by atoms with Gasteiger partial charge in [0, 0.05) is 13.1 Å². The molecule has 1 aliphatic heterocycles. The number of rotatable bonds is 1. The predicted molar refractivity (Wildman–Crippen MR) is 74.5 cm³/mol. The summed E-state index contributed by atoms with van der Waals surface area (Å²) in [6, 6.07) is 2.32. The zero-order valence-electron chi connectivity index (χ0n) is 12.1. The van der Waals surface area contributed by atoms with Crippen LogP contribution in [0.15, 0.2) is 0 Å². The second kappa shape index (κ2) is 5.81. The maximum absolute atomic E-state index is 12.3. The maximum atomic E-state index is 12.3. The van der Waals surface area contributed by atoms with Crippen molar-refractivity contribution in [1.29, 1.82) is 5.26 Å². The van der Waals surface area contributed by atoms with Crippen molar-refractivity contribution < 1.29 is 4.79 Å². The van der Waals surface area contributed by atoms with Gasteiger partial charge in [-0.2, -0.15) is 5.26 Å². The third kappa shape index (κ3) is 3.40. The number of amides is 2. The molecule has 1 N–H and O–H groups in total. The van der Waals surface area contributed by atoms with Crippen molar-refractivity contribution in [2.75, 3.05) is 13.1 Å². The van der Waals surface area contributed by atoms with Crippen LogP contribution in [-0.2, 0) is 0 Å². The van der Waals surface area contributed by atoms with Gasteiger partial charge in [-0.3, -0.25) is 0 Å². The van der Waals surface area contributed by atoms with Crippen molar-refractivity contribution in [2.24, 2.45) is 11.8 Å². The van der Waals surface area contributed by atoms with E-state index in [1.54, 1.807) is 0 Å². The standard InChI is InChI=1S/C15H25N3O/c1-12-5-7-15(11-16,8-6-12)17-14(19)18-9-3-4-13(2)10-18/h12-13H,3-10H2,1-2H3,(H,17,19). The van der Waals surface area contributed by atoms with Crippen LogP contribution in [0.25, 0.3) is 0 Å². The van der Waals surface area contributed by atoms with E-state index >= 15 is 0 Å². The second-order valence-corrected chi connectivity index (χ2v) is 6.50. The monoisotopic (exact) mass is 263 g/mol. The van der Waals surface area contributed by atoms with E-state index in [9.17, 15) is 10.1 Å². The Morgan fingerprint density at radius 3 is 2.53 bits per heavy atom. The van der Waals surface area contributed by atoms with Gasteiger partial charge in [-0.1, -0.05) is 13.8 Å². The smallest absolute Gasteiger partial charge is 0.318 e. The van der Waals surface area contributed by atoms with Crippen LogP contribution >= 0.6 is 0 Å². The molecule has 0 aromatic rings. The van der Waals surface area contributed by atoms with Gasteiger partial charge in [0.1, 0.15) is 5.54 Å². The fourth-order valence-electron chi connectivity index (χ4n) is 3.18. The van der Waals surface area contributed by atoms with Crippen molar-refractivity contribution >= 4 is 6.03 Å². The minimum Gasteiger partial charge on any atom is -0.325 e. The molecule has 4 heteroatoms. The summed E-state index contributed by atoms with van der Waals surface area (Å²) in [6.45, 7) is 6.05. The van der Waals surface area contributed by atoms with Gasteiger partial charge < -0.3 is 10.2 Å². The molecule has 106 valence electrons.